The second-order valence-corrected chi connectivity index (χ2v) is 7.60. The fourth-order valence-electron chi connectivity index (χ4n) is 4.65. The smallest absolute Gasteiger partial charge is 0.306 e. The molecular weight excluding hydrogens is 378 g/mol. The van der Waals surface area contributed by atoms with E-state index in [0.717, 1.165) is 28.1 Å². The molecule has 6 heteroatoms. The number of anilines is 1. The predicted molar refractivity (Wildman–Crippen MR) is 113 cm³/mol. The minimum absolute atomic E-state index is 0.143. The highest BCUT2D eigenvalue weighted by Crippen LogP contribution is 2.56. The molecule has 30 heavy (non-hydrogen) atoms. The van der Waals surface area contributed by atoms with Crippen LogP contribution in [0.3, 0.4) is 0 Å². The largest absolute Gasteiger partial charge is 0.493 e. The number of methoxy groups -OCH3 is 1. The Bertz CT molecular complexity index is 1210. The van der Waals surface area contributed by atoms with Crippen molar-refractivity contribution in [1.29, 1.82) is 0 Å². The van der Waals surface area contributed by atoms with Crippen LogP contribution in [0.25, 0.3) is 0 Å². The van der Waals surface area contributed by atoms with E-state index in [4.69, 9.17) is 14.6 Å². The summed E-state index contributed by atoms with van der Waals surface area (Å²) in [6.07, 6.45) is 0.671. The van der Waals surface area contributed by atoms with E-state index >= 15 is 0 Å². The van der Waals surface area contributed by atoms with E-state index in [1.54, 1.807) is 7.11 Å². The topological polar surface area (TPSA) is 63.2 Å². The van der Waals surface area contributed by atoms with Gasteiger partial charge in [-0.05, 0) is 17.7 Å². The highest BCUT2D eigenvalue weighted by molar-refractivity contribution is 6.07. The van der Waals surface area contributed by atoms with Crippen molar-refractivity contribution in [3.63, 3.8) is 0 Å². The molecule has 1 N–H and O–H groups in total. The molecule has 0 aliphatic carbocycles. The first-order valence-corrected chi connectivity index (χ1v) is 9.91. The van der Waals surface area contributed by atoms with Gasteiger partial charge in [0.1, 0.15) is 0 Å². The maximum absolute atomic E-state index is 13.4. The van der Waals surface area contributed by atoms with Crippen LogP contribution in [0.5, 0.6) is 11.5 Å². The third kappa shape index (κ3) is 2.13. The van der Waals surface area contributed by atoms with E-state index in [9.17, 15) is 4.79 Å². The van der Waals surface area contributed by atoms with Gasteiger partial charge in [-0.3, -0.25) is 4.79 Å². The summed E-state index contributed by atoms with van der Waals surface area (Å²) in [4.78, 5) is 13.4. The molecule has 3 aromatic rings. The number of carbonyl (C=O) groups excluding carboxylic acids is 1. The molecule has 0 fully saturated rings. The molecule has 6 nitrogen and oxygen atoms in total. The van der Waals surface area contributed by atoms with E-state index < -0.39 is 5.72 Å². The molecule has 148 valence electrons. The number of ether oxygens (including phenoxy) is 2. The minimum Gasteiger partial charge on any atom is -0.493 e. The molecule has 1 amide bonds. The maximum Gasteiger partial charge on any atom is 0.306 e. The van der Waals surface area contributed by atoms with Gasteiger partial charge in [0.2, 0.25) is 0 Å². The Morgan fingerprint density at radius 3 is 2.70 bits per heavy atom. The number of nitrogens with zero attached hydrogens (tertiary/aromatic N) is 2. The van der Waals surface area contributed by atoms with Crippen molar-refractivity contribution in [3.8, 4) is 11.5 Å². The zero-order chi connectivity index (χ0) is 20.3. The van der Waals surface area contributed by atoms with Crippen molar-refractivity contribution < 1.29 is 14.3 Å². The minimum atomic E-state index is -1.38. The summed E-state index contributed by atoms with van der Waals surface area (Å²) in [5.74, 6) is 0.956. The van der Waals surface area contributed by atoms with Crippen LogP contribution in [0.15, 0.2) is 77.9 Å². The molecule has 2 atom stereocenters. The highest BCUT2D eigenvalue weighted by Gasteiger charge is 2.61. The van der Waals surface area contributed by atoms with Gasteiger partial charge in [-0.25, -0.2) is 5.01 Å². The summed E-state index contributed by atoms with van der Waals surface area (Å²) in [5, 5.41) is 9.75. The summed E-state index contributed by atoms with van der Waals surface area (Å²) < 4.78 is 12.1. The lowest BCUT2D eigenvalue weighted by Gasteiger charge is -2.44. The molecule has 0 radical (unpaired) electrons. The number of rotatable bonds is 2. The summed E-state index contributed by atoms with van der Waals surface area (Å²) >= 11 is 0. The highest BCUT2D eigenvalue weighted by atomic mass is 16.6. The van der Waals surface area contributed by atoms with Crippen molar-refractivity contribution in [2.75, 3.05) is 12.4 Å². The number of amides is 1. The van der Waals surface area contributed by atoms with Crippen molar-refractivity contribution in [3.05, 3.63) is 89.5 Å². The molecule has 3 heterocycles. The Morgan fingerprint density at radius 2 is 1.87 bits per heavy atom. The zero-order valence-corrected chi connectivity index (χ0v) is 16.3. The normalized spacial score (nSPS) is 23.2. The molecule has 6 rings (SSSR count). The van der Waals surface area contributed by atoms with Gasteiger partial charge in [0.05, 0.1) is 30.1 Å². The maximum atomic E-state index is 13.4. The first kappa shape index (κ1) is 17.1. The first-order chi connectivity index (χ1) is 14.7. The van der Waals surface area contributed by atoms with Crippen molar-refractivity contribution in [1.82, 2.24) is 5.01 Å². The average Bonchev–Trinajstić information content (AvgIpc) is 3.35. The van der Waals surface area contributed by atoms with E-state index in [2.05, 4.69) is 5.32 Å². The summed E-state index contributed by atoms with van der Waals surface area (Å²) in [6.45, 7) is 0. The number of nitrogens with one attached hydrogen (secondary N) is 1. The van der Waals surface area contributed by atoms with E-state index in [-0.39, 0.29) is 11.9 Å². The molecule has 0 aromatic heterocycles. The predicted octanol–water partition coefficient (Wildman–Crippen LogP) is 4.04. The first-order valence-electron chi connectivity index (χ1n) is 9.91. The van der Waals surface area contributed by atoms with Gasteiger partial charge in [0.15, 0.2) is 11.5 Å². The molecular formula is C24H19N3O3. The van der Waals surface area contributed by atoms with E-state index in [0.29, 0.717) is 17.9 Å². The van der Waals surface area contributed by atoms with Gasteiger partial charge in [-0.2, -0.15) is 5.10 Å². The number of hydrazone groups is 1. The molecule has 3 aliphatic rings. The molecule has 0 bridgehead atoms. The number of hydrogen-bond acceptors (Lipinski definition) is 5. The van der Waals surface area contributed by atoms with Crippen LogP contribution in [0.2, 0.25) is 0 Å². The summed E-state index contributed by atoms with van der Waals surface area (Å²) in [7, 11) is 1.61. The summed E-state index contributed by atoms with van der Waals surface area (Å²) in [5.41, 5.74) is 3.05. The van der Waals surface area contributed by atoms with Gasteiger partial charge in [0.25, 0.3) is 5.91 Å². The lowest BCUT2D eigenvalue weighted by atomic mass is 9.92. The van der Waals surface area contributed by atoms with Crippen LogP contribution in [0.4, 0.5) is 5.69 Å². The van der Waals surface area contributed by atoms with Gasteiger partial charge < -0.3 is 14.8 Å². The second kappa shape index (κ2) is 6.10. The van der Waals surface area contributed by atoms with Crippen LogP contribution in [-0.4, -0.2) is 23.7 Å². The Hall–Kier alpha value is -3.80. The van der Waals surface area contributed by atoms with Crippen LogP contribution in [0, 0.1) is 0 Å². The van der Waals surface area contributed by atoms with Crippen LogP contribution < -0.4 is 14.8 Å². The molecule has 1 spiro atoms. The van der Waals surface area contributed by atoms with Gasteiger partial charge >= 0.3 is 5.72 Å². The number of benzene rings is 3. The van der Waals surface area contributed by atoms with Gasteiger partial charge in [-0.1, -0.05) is 60.7 Å². The number of fused-ring (bicyclic) bond motifs is 6. The van der Waals surface area contributed by atoms with Crippen LogP contribution in [0.1, 0.15) is 29.2 Å². The average molecular weight is 397 g/mol. The fraction of sp³-hybridized carbons (Fsp3) is 0.167. The molecule has 0 unspecified atom stereocenters. The van der Waals surface area contributed by atoms with Crippen LogP contribution in [-0.2, 0) is 10.5 Å². The number of carbonyl (C=O) groups is 1. The van der Waals surface area contributed by atoms with Crippen molar-refractivity contribution in [2.24, 2.45) is 5.10 Å². The molecule has 0 saturated carbocycles. The third-order valence-electron chi connectivity index (χ3n) is 6.03. The lowest BCUT2D eigenvalue weighted by molar-refractivity contribution is -0.161. The SMILES string of the molecule is COc1cccc2c1O[C@@]1(C(=O)Nc3ccccc31)N1N=C(c3ccccc3)C[C@H]21. The number of para-hydroxylation sites is 2. The Kier molecular flexibility index (Phi) is 3.47. The van der Waals surface area contributed by atoms with E-state index in [1.165, 1.54) is 0 Å². The van der Waals surface area contributed by atoms with Crippen molar-refractivity contribution in [2.45, 2.75) is 18.2 Å². The standard InChI is InChI=1S/C24H19N3O3/c1-29-21-13-7-10-16-20-14-19(15-8-3-2-4-9-15)26-27(20)24(30-22(16)21)17-11-5-6-12-18(17)25-23(24)28/h2-13,20H,14H2,1H3,(H,25,28)/t20-,24+/m1/s1. The Labute approximate surface area is 173 Å². The Morgan fingerprint density at radius 1 is 1.07 bits per heavy atom. The molecule has 0 saturated heterocycles. The van der Waals surface area contributed by atoms with Gasteiger partial charge in [0, 0.05) is 12.0 Å². The lowest BCUT2D eigenvalue weighted by Crippen LogP contribution is -2.55. The second-order valence-electron chi connectivity index (χ2n) is 7.60. The fourth-order valence-corrected chi connectivity index (χ4v) is 4.65. The zero-order valence-electron chi connectivity index (χ0n) is 16.3. The van der Waals surface area contributed by atoms with Crippen LogP contribution >= 0.6 is 0 Å². The summed E-state index contributed by atoms with van der Waals surface area (Å²) in [6, 6.07) is 23.3. The number of hydrogen-bond donors (Lipinski definition) is 1. The Balaban J connectivity index is 1.60. The molecule has 3 aliphatic heterocycles. The quantitative estimate of drug-likeness (QED) is 0.709. The third-order valence-corrected chi connectivity index (χ3v) is 6.03. The van der Waals surface area contributed by atoms with E-state index in [1.807, 2.05) is 77.8 Å². The van der Waals surface area contributed by atoms with Crippen molar-refractivity contribution >= 4 is 17.3 Å². The molecule has 3 aromatic carbocycles. The van der Waals surface area contributed by atoms with Gasteiger partial charge in [-0.15, -0.1) is 0 Å². The monoisotopic (exact) mass is 397 g/mol.